The lowest BCUT2D eigenvalue weighted by molar-refractivity contribution is 0.0993. The molecule has 3 aromatic rings. The van der Waals surface area contributed by atoms with Crippen molar-refractivity contribution in [2.24, 2.45) is 0 Å². The summed E-state index contributed by atoms with van der Waals surface area (Å²) in [6, 6.07) is 16.4. The molecule has 0 unspecified atom stereocenters. The highest BCUT2D eigenvalue weighted by Gasteiger charge is 2.10. The van der Waals surface area contributed by atoms with Gasteiger partial charge in [-0.3, -0.25) is 4.79 Å². The summed E-state index contributed by atoms with van der Waals surface area (Å²) in [4.78, 5) is 13.3. The van der Waals surface area contributed by atoms with Crippen molar-refractivity contribution >= 4 is 27.9 Å². The maximum Gasteiger partial charge on any atom is 0.168 e. The molecule has 0 aliphatic heterocycles. The molecular weight excluding hydrogens is 252 g/mol. The molecular formula is C17H14OS. The van der Waals surface area contributed by atoms with Crippen molar-refractivity contribution in [3.05, 3.63) is 69.9 Å². The topological polar surface area (TPSA) is 17.1 Å². The molecule has 94 valence electrons. The van der Waals surface area contributed by atoms with Gasteiger partial charge < -0.3 is 0 Å². The molecule has 2 aromatic carbocycles. The van der Waals surface area contributed by atoms with Gasteiger partial charge in [-0.1, -0.05) is 42.5 Å². The molecule has 19 heavy (non-hydrogen) atoms. The summed E-state index contributed by atoms with van der Waals surface area (Å²) >= 11 is 1.63. The second-order valence-corrected chi connectivity index (χ2v) is 5.79. The van der Waals surface area contributed by atoms with Crippen molar-refractivity contribution in [3.8, 4) is 0 Å². The quantitative estimate of drug-likeness (QED) is 0.631. The number of carbonyl (C=O) groups excluding carboxylic acids is 1. The van der Waals surface area contributed by atoms with E-state index in [2.05, 4.69) is 24.3 Å². The maximum atomic E-state index is 12.2. The van der Waals surface area contributed by atoms with Gasteiger partial charge in [0.05, 0.1) is 0 Å². The summed E-state index contributed by atoms with van der Waals surface area (Å²) in [7, 11) is 0. The van der Waals surface area contributed by atoms with E-state index in [-0.39, 0.29) is 5.78 Å². The molecule has 0 amide bonds. The van der Waals surface area contributed by atoms with Gasteiger partial charge in [-0.15, -0.1) is 11.3 Å². The molecule has 3 rings (SSSR count). The summed E-state index contributed by atoms with van der Waals surface area (Å²) in [5.41, 5.74) is 1.94. The van der Waals surface area contributed by atoms with E-state index < -0.39 is 0 Å². The first-order valence-corrected chi connectivity index (χ1v) is 7.17. The fourth-order valence-electron chi connectivity index (χ4n) is 2.30. The van der Waals surface area contributed by atoms with Gasteiger partial charge in [-0.25, -0.2) is 0 Å². The predicted octanol–water partition coefficient (Wildman–Crippen LogP) is 4.64. The average Bonchev–Trinajstić information content (AvgIpc) is 2.85. The van der Waals surface area contributed by atoms with Gasteiger partial charge in [0.25, 0.3) is 0 Å². The molecule has 0 aliphatic carbocycles. The van der Waals surface area contributed by atoms with E-state index in [1.165, 1.54) is 10.8 Å². The highest BCUT2D eigenvalue weighted by molar-refractivity contribution is 7.10. The van der Waals surface area contributed by atoms with Crippen molar-refractivity contribution < 1.29 is 4.79 Å². The van der Waals surface area contributed by atoms with Gasteiger partial charge in [0, 0.05) is 16.9 Å². The standard InChI is InChI=1S/C17H14OS/c1-12-16(8-9-19-12)17(18)11-13-6-7-14-4-2-3-5-15(14)10-13/h2-10H,11H2,1H3. The van der Waals surface area contributed by atoms with Gasteiger partial charge in [0.2, 0.25) is 0 Å². The van der Waals surface area contributed by atoms with Crippen LogP contribution in [0.15, 0.2) is 53.9 Å². The molecule has 0 spiro atoms. The average molecular weight is 266 g/mol. The molecule has 2 heteroatoms. The number of carbonyl (C=O) groups is 1. The predicted molar refractivity (Wildman–Crippen MR) is 81.0 cm³/mol. The van der Waals surface area contributed by atoms with Crippen LogP contribution >= 0.6 is 11.3 Å². The number of aryl methyl sites for hydroxylation is 1. The molecule has 1 nitrogen and oxygen atoms in total. The van der Waals surface area contributed by atoms with E-state index in [1.54, 1.807) is 11.3 Å². The molecule has 0 bridgehead atoms. The van der Waals surface area contributed by atoms with Crippen molar-refractivity contribution in [1.29, 1.82) is 0 Å². The van der Waals surface area contributed by atoms with Crippen LogP contribution in [-0.2, 0) is 6.42 Å². The van der Waals surface area contributed by atoms with Crippen LogP contribution in [0.4, 0.5) is 0 Å². The number of hydrogen-bond donors (Lipinski definition) is 0. The molecule has 0 aliphatic rings. The molecule has 1 heterocycles. The Morgan fingerprint density at radius 2 is 1.84 bits per heavy atom. The molecule has 0 saturated carbocycles. The Bertz CT molecular complexity index is 740. The number of ketones is 1. The van der Waals surface area contributed by atoms with Crippen molar-refractivity contribution in [2.45, 2.75) is 13.3 Å². The largest absolute Gasteiger partial charge is 0.294 e. The monoisotopic (exact) mass is 266 g/mol. The summed E-state index contributed by atoms with van der Waals surface area (Å²) in [6.07, 6.45) is 0.475. The van der Waals surface area contributed by atoms with Crippen LogP contribution in [0.1, 0.15) is 20.8 Å². The third-order valence-electron chi connectivity index (χ3n) is 3.34. The fourth-order valence-corrected chi connectivity index (χ4v) is 3.02. The molecule has 1 aromatic heterocycles. The van der Waals surface area contributed by atoms with Crippen LogP contribution in [0.3, 0.4) is 0 Å². The van der Waals surface area contributed by atoms with E-state index in [4.69, 9.17) is 0 Å². The zero-order valence-electron chi connectivity index (χ0n) is 10.7. The van der Waals surface area contributed by atoms with Crippen LogP contribution in [-0.4, -0.2) is 5.78 Å². The van der Waals surface area contributed by atoms with Gasteiger partial charge in [0.15, 0.2) is 5.78 Å². The minimum absolute atomic E-state index is 0.203. The number of Topliss-reactive ketones (excluding diaryl/α,β-unsaturated/α-hetero) is 1. The first-order valence-electron chi connectivity index (χ1n) is 6.29. The van der Waals surface area contributed by atoms with Crippen molar-refractivity contribution in [2.75, 3.05) is 0 Å². The van der Waals surface area contributed by atoms with Gasteiger partial charge in [-0.05, 0) is 34.7 Å². The number of hydrogen-bond acceptors (Lipinski definition) is 2. The normalized spacial score (nSPS) is 10.8. The van der Waals surface area contributed by atoms with E-state index in [0.29, 0.717) is 6.42 Å². The zero-order chi connectivity index (χ0) is 13.2. The van der Waals surface area contributed by atoms with Gasteiger partial charge >= 0.3 is 0 Å². The highest BCUT2D eigenvalue weighted by atomic mass is 32.1. The van der Waals surface area contributed by atoms with E-state index in [0.717, 1.165) is 16.0 Å². The van der Waals surface area contributed by atoms with Crippen LogP contribution < -0.4 is 0 Å². The number of fused-ring (bicyclic) bond motifs is 1. The summed E-state index contributed by atoms with van der Waals surface area (Å²) in [5.74, 6) is 0.203. The molecule has 0 N–H and O–H groups in total. The van der Waals surface area contributed by atoms with Crippen molar-refractivity contribution in [3.63, 3.8) is 0 Å². The van der Waals surface area contributed by atoms with Crippen LogP contribution in [0.5, 0.6) is 0 Å². The Morgan fingerprint density at radius 1 is 1.05 bits per heavy atom. The third kappa shape index (κ3) is 2.45. The highest BCUT2D eigenvalue weighted by Crippen LogP contribution is 2.20. The number of thiophene rings is 1. The fraction of sp³-hybridized carbons (Fsp3) is 0.118. The van der Waals surface area contributed by atoms with E-state index in [1.807, 2.05) is 36.6 Å². The lowest BCUT2D eigenvalue weighted by Gasteiger charge is -2.03. The maximum absolute atomic E-state index is 12.2. The summed E-state index contributed by atoms with van der Waals surface area (Å²) < 4.78 is 0. The summed E-state index contributed by atoms with van der Waals surface area (Å²) in [5, 5.41) is 4.38. The van der Waals surface area contributed by atoms with Gasteiger partial charge in [0.1, 0.15) is 0 Å². The van der Waals surface area contributed by atoms with E-state index >= 15 is 0 Å². The first-order chi connectivity index (χ1) is 9.24. The van der Waals surface area contributed by atoms with Crippen LogP contribution in [0.2, 0.25) is 0 Å². The molecule has 0 radical (unpaired) electrons. The Hall–Kier alpha value is -1.93. The Labute approximate surface area is 116 Å². The Morgan fingerprint density at radius 3 is 2.58 bits per heavy atom. The number of benzene rings is 2. The van der Waals surface area contributed by atoms with Crippen LogP contribution in [0.25, 0.3) is 10.8 Å². The molecule has 0 saturated heterocycles. The molecule has 0 fully saturated rings. The first kappa shape index (κ1) is 12.1. The minimum atomic E-state index is 0.203. The minimum Gasteiger partial charge on any atom is -0.294 e. The lowest BCUT2D eigenvalue weighted by Crippen LogP contribution is -2.03. The van der Waals surface area contributed by atoms with E-state index in [9.17, 15) is 4.79 Å². The zero-order valence-corrected chi connectivity index (χ0v) is 11.5. The second kappa shape index (κ2) is 4.98. The third-order valence-corrected chi connectivity index (χ3v) is 4.18. The second-order valence-electron chi connectivity index (χ2n) is 4.67. The Balaban J connectivity index is 1.89. The SMILES string of the molecule is Cc1sccc1C(=O)Cc1ccc2ccccc2c1. The summed E-state index contributed by atoms with van der Waals surface area (Å²) in [6.45, 7) is 2.00. The van der Waals surface area contributed by atoms with Crippen molar-refractivity contribution in [1.82, 2.24) is 0 Å². The van der Waals surface area contributed by atoms with Crippen LogP contribution in [0, 0.1) is 6.92 Å². The Kier molecular flexibility index (Phi) is 3.18. The lowest BCUT2D eigenvalue weighted by atomic mass is 10.0. The number of rotatable bonds is 3. The smallest absolute Gasteiger partial charge is 0.168 e. The van der Waals surface area contributed by atoms with Gasteiger partial charge in [-0.2, -0.15) is 0 Å². The molecule has 0 atom stereocenters.